The second kappa shape index (κ2) is 5.25. The Morgan fingerprint density at radius 3 is 2.41 bits per heavy atom. The molecule has 1 aliphatic heterocycles. The number of aliphatic hydroxyl groups is 2. The molecule has 0 amide bonds. The van der Waals surface area contributed by atoms with E-state index in [1.165, 1.54) is 19.3 Å². The summed E-state index contributed by atoms with van der Waals surface area (Å²) in [6, 6.07) is 0. The summed E-state index contributed by atoms with van der Waals surface area (Å²) in [4.78, 5) is 2.37. The third-order valence-electron chi connectivity index (χ3n) is 4.54. The predicted molar refractivity (Wildman–Crippen MR) is 68.9 cm³/mol. The van der Waals surface area contributed by atoms with Crippen molar-refractivity contribution in [2.45, 2.75) is 57.5 Å². The van der Waals surface area contributed by atoms with Gasteiger partial charge < -0.3 is 10.2 Å². The standard InChI is InChI=1S/C14H27NO2/c1-13(12-16)6-5-9-15(10-13)11-14(17)7-3-2-4-8-14/h16-17H,2-12H2,1H3. The maximum atomic E-state index is 10.6. The number of hydrogen-bond donors (Lipinski definition) is 2. The van der Waals surface area contributed by atoms with Crippen LogP contribution in [0, 0.1) is 5.41 Å². The minimum Gasteiger partial charge on any atom is -0.396 e. The highest BCUT2D eigenvalue weighted by atomic mass is 16.3. The molecule has 0 aromatic heterocycles. The Labute approximate surface area is 105 Å². The van der Waals surface area contributed by atoms with Gasteiger partial charge in [0.2, 0.25) is 0 Å². The molecule has 3 nitrogen and oxygen atoms in total. The van der Waals surface area contributed by atoms with Crippen molar-refractivity contribution in [2.75, 3.05) is 26.2 Å². The highest BCUT2D eigenvalue weighted by Crippen LogP contribution is 2.33. The zero-order chi connectivity index (χ0) is 12.4. The number of likely N-dealkylation sites (tertiary alicyclic amines) is 1. The van der Waals surface area contributed by atoms with Crippen LogP contribution < -0.4 is 0 Å². The van der Waals surface area contributed by atoms with Gasteiger partial charge in [-0.05, 0) is 32.2 Å². The molecule has 1 atom stereocenters. The molecule has 0 aromatic rings. The summed E-state index contributed by atoms with van der Waals surface area (Å²) in [5.74, 6) is 0. The summed E-state index contributed by atoms with van der Waals surface area (Å²) in [6.07, 6.45) is 7.78. The molecule has 1 heterocycles. The van der Waals surface area contributed by atoms with Crippen molar-refractivity contribution < 1.29 is 10.2 Å². The van der Waals surface area contributed by atoms with Gasteiger partial charge in [0, 0.05) is 25.1 Å². The van der Waals surface area contributed by atoms with E-state index < -0.39 is 5.60 Å². The smallest absolute Gasteiger partial charge is 0.0774 e. The number of β-amino-alcohol motifs (C(OH)–C–C–N with tert-alkyl or cyclic N) is 1. The summed E-state index contributed by atoms with van der Waals surface area (Å²) >= 11 is 0. The third-order valence-corrected chi connectivity index (χ3v) is 4.54. The van der Waals surface area contributed by atoms with Crippen molar-refractivity contribution in [3.8, 4) is 0 Å². The quantitative estimate of drug-likeness (QED) is 0.791. The first-order valence-electron chi connectivity index (χ1n) is 7.11. The Kier molecular flexibility index (Phi) is 4.11. The fourth-order valence-electron chi connectivity index (χ4n) is 3.48. The van der Waals surface area contributed by atoms with Gasteiger partial charge in [-0.2, -0.15) is 0 Å². The molecule has 2 rings (SSSR count). The molecule has 2 fully saturated rings. The highest BCUT2D eigenvalue weighted by Gasteiger charge is 2.36. The van der Waals surface area contributed by atoms with Gasteiger partial charge in [0.1, 0.15) is 0 Å². The van der Waals surface area contributed by atoms with Gasteiger partial charge in [-0.25, -0.2) is 0 Å². The number of nitrogens with zero attached hydrogens (tertiary/aromatic N) is 1. The lowest BCUT2D eigenvalue weighted by Crippen LogP contribution is -2.51. The van der Waals surface area contributed by atoms with Gasteiger partial charge in [0.15, 0.2) is 0 Å². The first kappa shape index (κ1) is 13.3. The van der Waals surface area contributed by atoms with Gasteiger partial charge in [0.05, 0.1) is 5.60 Å². The van der Waals surface area contributed by atoms with Crippen LogP contribution in [0.25, 0.3) is 0 Å². The summed E-state index contributed by atoms with van der Waals surface area (Å²) in [5.41, 5.74) is -0.408. The number of piperidine rings is 1. The van der Waals surface area contributed by atoms with Crippen LogP contribution in [0.2, 0.25) is 0 Å². The molecule has 0 bridgehead atoms. The zero-order valence-electron chi connectivity index (χ0n) is 11.1. The number of aliphatic hydroxyl groups excluding tert-OH is 1. The van der Waals surface area contributed by atoms with Crippen LogP contribution in [-0.4, -0.2) is 47.0 Å². The second-order valence-corrected chi connectivity index (χ2v) is 6.57. The summed E-state index contributed by atoms with van der Waals surface area (Å²) < 4.78 is 0. The van der Waals surface area contributed by atoms with Crippen molar-refractivity contribution in [1.29, 1.82) is 0 Å². The molecular weight excluding hydrogens is 214 g/mol. The first-order chi connectivity index (χ1) is 8.05. The minimum atomic E-state index is -0.452. The van der Waals surface area contributed by atoms with E-state index in [2.05, 4.69) is 11.8 Å². The van der Waals surface area contributed by atoms with E-state index in [-0.39, 0.29) is 12.0 Å². The van der Waals surface area contributed by atoms with Crippen LogP contribution in [-0.2, 0) is 0 Å². The number of hydrogen-bond acceptors (Lipinski definition) is 3. The van der Waals surface area contributed by atoms with Crippen molar-refractivity contribution in [1.82, 2.24) is 4.90 Å². The molecule has 1 unspecified atom stereocenters. The van der Waals surface area contributed by atoms with E-state index in [4.69, 9.17) is 0 Å². The van der Waals surface area contributed by atoms with E-state index >= 15 is 0 Å². The van der Waals surface area contributed by atoms with Gasteiger partial charge in [-0.1, -0.05) is 26.2 Å². The maximum absolute atomic E-state index is 10.6. The lowest BCUT2D eigenvalue weighted by Gasteiger charge is -2.43. The van der Waals surface area contributed by atoms with E-state index in [9.17, 15) is 10.2 Å². The molecular formula is C14H27NO2. The Morgan fingerprint density at radius 2 is 1.76 bits per heavy atom. The van der Waals surface area contributed by atoms with Gasteiger partial charge in [-0.3, -0.25) is 4.90 Å². The van der Waals surface area contributed by atoms with Gasteiger partial charge in [0.25, 0.3) is 0 Å². The van der Waals surface area contributed by atoms with Crippen molar-refractivity contribution >= 4 is 0 Å². The molecule has 1 saturated carbocycles. The first-order valence-corrected chi connectivity index (χ1v) is 7.11. The minimum absolute atomic E-state index is 0.0449. The van der Waals surface area contributed by atoms with E-state index in [1.54, 1.807) is 0 Å². The van der Waals surface area contributed by atoms with Crippen LogP contribution >= 0.6 is 0 Å². The highest BCUT2D eigenvalue weighted by molar-refractivity contribution is 4.90. The molecule has 0 radical (unpaired) electrons. The van der Waals surface area contributed by atoms with Crippen molar-refractivity contribution in [3.63, 3.8) is 0 Å². The Hall–Kier alpha value is -0.120. The van der Waals surface area contributed by atoms with Crippen LogP contribution in [0.3, 0.4) is 0 Å². The molecule has 3 heteroatoms. The summed E-state index contributed by atoms with van der Waals surface area (Å²) in [5, 5.41) is 20.0. The SMILES string of the molecule is CC1(CO)CCCN(CC2(O)CCCCC2)C1. The monoisotopic (exact) mass is 241 g/mol. The molecule has 2 aliphatic rings. The molecule has 100 valence electrons. The lowest BCUT2D eigenvalue weighted by molar-refractivity contribution is -0.0492. The number of rotatable bonds is 3. The summed E-state index contributed by atoms with van der Waals surface area (Å²) in [7, 11) is 0. The zero-order valence-corrected chi connectivity index (χ0v) is 11.1. The van der Waals surface area contributed by atoms with E-state index in [1.807, 2.05) is 0 Å². The lowest BCUT2D eigenvalue weighted by atomic mass is 9.80. The molecule has 1 aliphatic carbocycles. The van der Waals surface area contributed by atoms with Gasteiger partial charge >= 0.3 is 0 Å². The van der Waals surface area contributed by atoms with Crippen LogP contribution in [0.4, 0.5) is 0 Å². The van der Waals surface area contributed by atoms with Crippen molar-refractivity contribution in [3.05, 3.63) is 0 Å². The fraction of sp³-hybridized carbons (Fsp3) is 1.00. The van der Waals surface area contributed by atoms with Crippen LogP contribution in [0.1, 0.15) is 51.9 Å². The third kappa shape index (κ3) is 3.43. The molecule has 0 spiro atoms. The molecule has 2 N–H and O–H groups in total. The Balaban J connectivity index is 1.89. The predicted octanol–water partition coefficient (Wildman–Crippen LogP) is 1.78. The fourth-order valence-corrected chi connectivity index (χ4v) is 3.48. The average Bonchev–Trinajstić information content (AvgIpc) is 2.29. The van der Waals surface area contributed by atoms with Crippen molar-refractivity contribution in [2.24, 2.45) is 5.41 Å². The van der Waals surface area contributed by atoms with Crippen LogP contribution in [0.5, 0.6) is 0 Å². The molecule has 17 heavy (non-hydrogen) atoms. The average molecular weight is 241 g/mol. The van der Waals surface area contributed by atoms with Crippen LogP contribution in [0.15, 0.2) is 0 Å². The Morgan fingerprint density at radius 1 is 1.06 bits per heavy atom. The van der Waals surface area contributed by atoms with E-state index in [0.717, 1.165) is 45.3 Å². The Bertz CT molecular complexity index is 251. The second-order valence-electron chi connectivity index (χ2n) is 6.57. The molecule has 0 aromatic carbocycles. The largest absolute Gasteiger partial charge is 0.396 e. The molecule has 1 saturated heterocycles. The topological polar surface area (TPSA) is 43.7 Å². The normalized spacial score (nSPS) is 34.8. The van der Waals surface area contributed by atoms with E-state index in [0.29, 0.717) is 0 Å². The summed E-state index contributed by atoms with van der Waals surface area (Å²) in [6.45, 7) is 5.25. The van der Waals surface area contributed by atoms with Gasteiger partial charge in [-0.15, -0.1) is 0 Å². The maximum Gasteiger partial charge on any atom is 0.0774 e.